The maximum Gasteiger partial charge on any atom is 0.237 e. The summed E-state index contributed by atoms with van der Waals surface area (Å²) in [5, 5.41) is 0. The molecule has 5 nitrogen and oxygen atoms in total. The van der Waals surface area contributed by atoms with Gasteiger partial charge < -0.3 is 4.74 Å². The van der Waals surface area contributed by atoms with Gasteiger partial charge in [-0.05, 0) is 38.4 Å². The SMILES string of the molecule is CCCOc1ccccc1CN1CCC(C(=O)NN)CC1. The summed E-state index contributed by atoms with van der Waals surface area (Å²) in [7, 11) is 0. The van der Waals surface area contributed by atoms with Crippen molar-refractivity contribution in [1.29, 1.82) is 0 Å². The van der Waals surface area contributed by atoms with Crippen LogP contribution in [0, 0.1) is 5.92 Å². The highest BCUT2D eigenvalue weighted by atomic mass is 16.5. The molecule has 1 saturated heterocycles. The van der Waals surface area contributed by atoms with Gasteiger partial charge in [0.25, 0.3) is 0 Å². The predicted molar refractivity (Wildman–Crippen MR) is 82.6 cm³/mol. The fourth-order valence-corrected chi connectivity index (χ4v) is 2.70. The van der Waals surface area contributed by atoms with E-state index in [-0.39, 0.29) is 11.8 Å². The fraction of sp³-hybridized carbons (Fsp3) is 0.562. The zero-order valence-corrected chi connectivity index (χ0v) is 12.7. The number of ether oxygens (including phenoxy) is 1. The van der Waals surface area contributed by atoms with Crippen LogP contribution in [0.1, 0.15) is 31.7 Å². The lowest BCUT2D eigenvalue weighted by molar-refractivity contribution is -0.126. The highest BCUT2D eigenvalue weighted by molar-refractivity contribution is 5.78. The second-order valence-electron chi connectivity index (χ2n) is 5.52. The zero-order chi connectivity index (χ0) is 15.1. The number of piperidine rings is 1. The van der Waals surface area contributed by atoms with E-state index in [0.717, 1.165) is 51.3 Å². The Morgan fingerprint density at radius 1 is 1.38 bits per heavy atom. The second kappa shape index (κ2) is 8.00. The molecule has 2 rings (SSSR count). The third-order valence-corrected chi connectivity index (χ3v) is 3.93. The Labute approximate surface area is 126 Å². The number of nitrogens with one attached hydrogen (secondary N) is 1. The van der Waals surface area contributed by atoms with Crippen molar-refractivity contribution in [1.82, 2.24) is 10.3 Å². The highest BCUT2D eigenvalue weighted by Crippen LogP contribution is 2.23. The molecule has 0 saturated carbocycles. The molecule has 0 radical (unpaired) electrons. The Bertz CT molecular complexity index is 457. The summed E-state index contributed by atoms with van der Waals surface area (Å²) in [6.07, 6.45) is 2.73. The molecule has 5 heteroatoms. The molecule has 1 fully saturated rings. The number of hydrazine groups is 1. The summed E-state index contributed by atoms with van der Waals surface area (Å²) < 4.78 is 5.80. The maximum absolute atomic E-state index is 11.5. The normalized spacial score (nSPS) is 16.7. The number of carbonyl (C=O) groups excluding carboxylic acids is 1. The third-order valence-electron chi connectivity index (χ3n) is 3.93. The van der Waals surface area contributed by atoms with Gasteiger partial charge in [0.2, 0.25) is 5.91 Å². The minimum atomic E-state index is -0.0404. The topological polar surface area (TPSA) is 67.6 Å². The molecule has 0 aliphatic carbocycles. The van der Waals surface area contributed by atoms with Crippen molar-refractivity contribution >= 4 is 5.91 Å². The van der Waals surface area contributed by atoms with Crippen molar-refractivity contribution in [2.75, 3.05) is 19.7 Å². The average Bonchev–Trinajstić information content (AvgIpc) is 2.54. The summed E-state index contributed by atoms with van der Waals surface area (Å²) in [6, 6.07) is 8.19. The number of hydrogen-bond acceptors (Lipinski definition) is 4. The van der Waals surface area contributed by atoms with Gasteiger partial charge in [-0.15, -0.1) is 0 Å². The van der Waals surface area contributed by atoms with Gasteiger partial charge in [-0.1, -0.05) is 25.1 Å². The van der Waals surface area contributed by atoms with E-state index in [1.807, 2.05) is 18.2 Å². The number of benzene rings is 1. The first-order chi connectivity index (χ1) is 10.2. The molecular weight excluding hydrogens is 266 g/mol. The van der Waals surface area contributed by atoms with Crippen LogP contribution in [-0.4, -0.2) is 30.5 Å². The molecule has 1 aliphatic rings. The van der Waals surface area contributed by atoms with E-state index in [0.29, 0.717) is 0 Å². The first-order valence-electron chi connectivity index (χ1n) is 7.68. The molecule has 0 aromatic heterocycles. The molecule has 1 heterocycles. The first kappa shape index (κ1) is 15.8. The average molecular weight is 291 g/mol. The number of hydrogen-bond donors (Lipinski definition) is 2. The van der Waals surface area contributed by atoms with E-state index in [1.165, 1.54) is 5.56 Å². The third kappa shape index (κ3) is 4.44. The van der Waals surface area contributed by atoms with Gasteiger partial charge in [0, 0.05) is 18.0 Å². The molecule has 3 N–H and O–H groups in total. The number of likely N-dealkylation sites (tertiary alicyclic amines) is 1. The minimum absolute atomic E-state index is 0.0404. The van der Waals surface area contributed by atoms with Crippen molar-refractivity contribution in [3.63, 3.8) is 0 Å². The summed E-state index contributed by atoms with van der Waals surface area (Å²) in [4.78, 5) is 13.9. The Balaban J connectivity index is 1.90. The number of para-hydroxylation sites is 1. The van der Waals surface area contributed by atoms with Gasteiger partial charge >= 0.3 is 0 Å². The monoisotopic (exact) mass is 291 g/mol. The van der Waals surface area contributed by atoms with Crippen LogP contribution in [-0.2, 0) is 11.3 Å². The summed E-state index contributed by atoms with van der Waals surface area (Å²) in [6.45, 7) is 5.56. The molecular formula is C16H25N3O2. The number of rotatable bonds is 6. The lowest BCUT2D eigenvalue weighted by atomic mass is 9.96. The standard InChI is InChI=1S/C16H25N3O2/c1-2-11-21-15-6-4-3-5-14(15)12-19-9-7-13(8-10-19)16(20)18-17/h3-6,13H,2,7-12,17H2,1H3,(H,18,20). The van der Waals surface area contributed by atoms with Crippen LogP contribution >= 0.6 is 0 Å². The Kier molecular flexibility index (Phi) is 6.02. The van der Waals surface area contributed by atoms with Crippen molar-refractivity contribution in [2.24, 2.45) is 11.8 Å². The Morgan fingerprint density at radius 3 is 2.76 bits per heavy atom. The van der Waals surface area contributed by atoms with Crippen LogP contribution in [0.25, 0.3) is 0 Å². The van der Waals surface area contributed by atoms with E-state index < -0.39 is 0 Å². The van der Waals surface area contributed by atoms with Crippen LogP contribution in [0.5, 0.6) is 5.75 Å². The van der Waals surface area contributed by atoms with E-state index in [4.69, 9.17) is 10.6 Å². The lowest BCUT2D eigenvalue weighted by Gasteiger charge is -2.31. The van der Waals surface area contributed by atoms with Gasteiger partial charge in [-0.3, -0.25) is 15.1 Å². The molecule has 1 aliphatic heterocycles. The summed E-state index contributed by atoms with van der Waals surface area (Å²) >= 11 is 0. The molecule has 1 aromatic rings. The molecule has 1 aromatic carbocycles. The molecule has 1 amide bonds. The summed E-state index contributed by atoms with van der Waals surface area (Å²) in [5.41, 5.74) is 3.47. The molecule has 0 atom stereocenters. The van der Waals surface area contributed by atoms with Crippen molar-refractivity contribution < 1.29 is 9.53 Å². The minimum Gasteiger partial charge on any atom is -0.493 e. The molecule has 21 heavy (non-hydrogen) atoms. The quantitative estimate of drug-likeness (QED) is 0.475. The van der Waals surface area contributed by atoms with Gasteiger partial charge in [-0.2, -0.15) is 0 Å². The van der Waals surface area contributed by atoms with Gasteiger partial charge in [0.15, 0.2) is 0 Å². The fourth-order valence-electron chi connectivity index (χ4n) is 2.70. The lowest BCUT2D eigenvalue weighted by Crippen LogP contribution is -2.42. The van der Waals surface area contributed by atoms with E-state index in [9.17, 15) is 4.79 Å². The zero-order valence-electron chi connectivity index (χ0n) is 12.7. The van der Waals surface area contributed by atoms with Crippen LogP contribution in [0.4, 0.5) is 0 Å². The van der Waals surface area contributed by atoms with Crippen molar-refractivity contribution in [3.8, 4) is 5.75 Å². The van der Waals surface area contributed by atoms with Crippen molar-refractivity contribution in [3.05, 3.63) is 29.8 Å². The van der Waals surface area contributed by atoms with Gasteiger partial charge in [-0.25, -0.2) is 5.84 Å². The maximum atomic E-state index is 11.5. The predicted octanol–water partition coefficient (Wildman–Crippen LogP) is 1.68. The highest BCUT2D eigenvalue weighted by Gasteiger charge is 2.24. The van der Waals surface area contributed by atoms with Crippen LogP contribution < -0.4 is 16.0 Å². The molecule has 116 valence electrons. The van der Waals surface area contributed by atoms with Crippen LogP contribution in [0.15, 0.2) is 24.3 Å². The van der Waals surface area contributed by atoms with Crippen LogP contribution in [0.2, 0.25) is 0 Å². The number of nitrogens with zero attached hydrogens (tertiary/aromatic N) is 1. The second-order valence-corrected chi connectivity index (χ2v) is 5.52. The van der Waals surface area contributed by atoms with Crippen molar-refractivity contribution in [2.45, 2.75) is 32.7 Å². The number of nitrogens with two attached hydrogens (primary N) is 1. The van der Waals surface area contributed by atoms with E-state index in [2.05, 4.69) is 23.3 Å². The smallest absolute Gasteiger partial charge is 0.237 e. The van der Waals surface area contributed by atoms with Gasteiger partial charge in [0.05, 0.1) is 6.61 Å². The molecule has 0 bridgehead atoms. The number of carbonyl (C=O) groups is 1. The van der Waals surface area contributed by atoms with Crippen LogP contribution in [0.3, 0.4) is 0 Å². The molecule has 0 unspecified atom stereocenters. The Hall–Kier alpha value is -1.59. The summed E-state index contributed by atoms with van der Waals surface area (Å²) in [5.74, 6) is 6.18. The molecule has 0 spiro atoms. The number of amides is 1. The largest absolute Gasteiger partial charge is 0.493 e. The van der Waals surface area contributed by atoms with E-state index >= 15 is 0 Å². The van der Waals surface area contributed by atoms with Gasteiger partial charge in [0.1, 0.15) is 5.75 Å². The first-order valence-corrected chi connectivity index (χ1v) is 7.68. The van der Waals surface area contributed by atoms with E-state index in [1.54, 1.807) is 0 Å². The Morgan fingerprint density at radius 2 is 2.10 bits per heavy atom.